The van der Waals surface area contributed by atoms with E-state index in [-0.39, 0.29) is 24.4 Å². The van der Waals surface area contributed by atoms with E-state index < -0.39 is 12.1 Å². The van der Waals surface area contributed by atoms with Crippen LogP contribution in [0.25, 0.3) is 0 Å². The van der Waals surface area contributed by atoms with E-state index in [1.54, 1.807) is 7.11 Å². The second-order valence-electron chi connectivity index (χ2n) is 6.12. The summed E-state index contributed by atoms with van der Waals surface area (Å²) in [5.41, 5.74) is 2.04. The molecule has 3 unspecified atom stereocenters. The van der Waals surface area contributed by atoms with Gasteiger partial charge in [0.25, 0.3) is 0 Å². The van der Waals surface area contributed by atoms with Crippen LogP contribution in [0, 0.1) is 5.92 Å². The molecule has 2 aliphatic rings. The van der Waals surface area contributed by atoms with Crippen LogP contribution in [0.5, 0.6) is 5.75 Å². The molecule has 3 atom stereocenters. The molecule has 6 heteroatoms. The van der Waals surface area contributed by atoms with E-state index in [0.717, 1.165) is 22.4 Å². The molecule has 0 spiro atoms. The van der Waals surface area contributed by atoms with E-state index >= 15 is 0 Å². The molecule has 1 aliphatic carbocycles. The monoisotopic (exact) mass is 313 g/mol. The van der Waals surface area contributed by atoms with Gasteiger partial charge in [0.15, 0.2) is 0 Å². The lowest BCUT2D eigenvalue weighted by Crippen LogP contribution is -2.56. The Bertz CT molecular complexity index is 600. The molecule has 0 saturated heterocycles. The summed E-state index contributed by atoms with van der Waals surface area (Å²) in [5, 5.41) is 0. The zero-order valence-corrected chi connectivity index (χ0v) is 12.5. The van der Waals surface area contributed by atoms with Crippen LogP contribution < -0.4 is 4.74 Å². The van der Waals surface area contributed by atoms with Crippen LogP contribution in [0.1, 0.15) is 30.4 Å². The molecule has 1 saturated carbocycles. The Morgan fingerprint density at radius 1 is 1.36 bits per heavy atom. The van der Waals surface area contributed by atoms with Gasteiger partial charge in [0.1, 0.15) is 5.75 Å². The summed E-state index contributed by atoms with van der Waals surface area (Å²) in [6, 6.07) is 5.28. The summed E-state index contributed by atoms with van der Waals surface area (Å²) in [6.45, 7) is 2.01. The number of hydrogen-bond donors (Lipinski definition) is 0. The van der Waals surface area contributed by atoms with Crippen LogP contribution in [-0.2, 0) is 11.2 Å². The first-order valence-corrected chi connectivity index (χ1v) is 7.37. The Kier molecular flexibility index (Phi) is 3.57. The van der Waals surface area contributed by atoms with E-state index in [4.69, 9.17) is 4.74 Å². The summed E-state index contributed by atoms with van der Waals surface area (Å²) in [6.07, 6.45) is -3.58. The van der Waals surface area contributed by atoms with Gasteiger partial charge in [-0.05, 0) is 42.0 Å². The van der Waals surface area contributed by atoms with Gasteiger partial charge in [0.05, 0.1) is 7.11 Å². The van der Waals surface area contributed by atoms with Gasteiger partial charge < -0.3 is 9.64 Å². The number of rotatable bonds is 1. The molecule has 3 rings (SSSR count). The van der Waals surface area contributed by atoms with Gasteiger partial charge in [0, 0.05) is 18.5 Å². The fraction of sp³-hybridized carbons (Fsp3) is 0.562. The molecule has 1 fully saturated rings. The van der Waals surface area contributed by atoms with Crippen LogP contribution in [0.4, 0.5) is 13.2 Å². The number of methoxy groups -OCH3 is 1. The van der Waals surface area contributed by atoms with Gasteiger partial charge in [-0.25, -0.2) is 0 Å². The first kappa shape index (κ1) is 15.2. The van der Waals surface area contributed by atoms with Gasteiger partial charge in [-0.15, -0.1) is 0 Å². The van der Waals surface area contributed by atoms with Gasteiger partial charge in [0.2, 0.25) is 0 Å². The molecule has 1 aliphatic heterocycles. The standard InChI is InChI=1S/C16H18F3NO2/c1-9-7-13-12-4-3-11(22-2)8-10(12)5-6-20(14(9)13)15(21)16(17,18)19/h3-4,8-9,13-14H,5-7H2,1-2H3. The quantitative estimate of drug-likeness (QED) is 0.797. The predicted octanol–water partition coefficient (Wildman–Crippen LogP) is 3.13. The Hall–Kier alpha value is -1.72. The summed E-state index contributed by atoms with van der Waals surface area (Å²) in [4.78, 5) is 12.8. The third kappa shape index (κ3) is 2.34. The molecule has 120 valence electrons. The van der Waals surface area contributed by atoms with Crippen LogP contribution in [-0.4, -0.2) is 36.7 Å². The summed E-state index contributed by atoms with van der Waals surface area (Å²) in [5.74, 6) is -0.943. The van der Waals surface area contributed by atoms with Crippen LogP contribution in [0.3, 0.4) is 0 Å². The molecule has 1 heterocycles. The lowest BCUT2D eigenvalue weighted by Gasteiger charge is -2.48. The molecule has 1 aromatic carbocycles. The van der Waals surface area contributed by atoms with Crippen molar-refractivity contribution in [3.8, 4) is 5.75 Å². The highest BCUT2D eigenvalue weighted by Crippen LogP contribution is 2.48. The van der Waals surface area contributed by atoms with Crippen LogP contribution in [0.15, 0.2) is 18.2 Å². The molecule has 0 aromatic heterocycles. The molecule has 1 amide bonds. The minimum Gasteiger partial charge on any atom is -0.497 e. The number of fused-ring (bicyclic) bond motifs is 3. The number of ether oxygens (including phenoxy) is 1. The minimum atomic E-state index is -4.81. The third-order valence-electron chi connectivity index (χ3n) is 4.86. The molecule has 1 aromatic rings. The number of amides is 1. The van der Waals surface area contributed by atoms with Crippen molar-refractivity contribution in [3.63, 3.8) is 0 Å². The Morgan fingerprint density at radius 3 is 2.68 bits per heavy atom. The van der Waals surface area contributed by atoms with Gasteiger partial charge in [-0.2, -0.15) is 13.2 Å². The zero-order valence-electron chi connectivity index (χ0n) is 12.5. The van der Waals surface area contributed by atoms with E-state index in [0.29, 0.717) is 12.2 Å². The molecule has 22 heavy (non-hydrogen) atoms. The highest BCUT2D eigenvalue weighted by atomic mass is 19.4. The second-order valence-corrected chi connectivity index (χ2v) is 6.12. The van der Waals surface area contributed by atoms with Crippen molar-refractivity contribution in [3.05, 3.63) is 29.3 Å². The first-order valence-electron chi connectivity index (χ1n) is 7.37. The fourth-order valence-corrected chi connectivity index (χ4v) is 3.79. The maximum absolute atomic E-state index is 12.9. The predicted molar refractivity (Wildman–Crippen MR) is 74.8 cm³/mol. The molecular formula is C16H18F3NO2. The second kappa shape index (κ2) is 5.18. The highest BCUT2D eigenvalue weighted by Gasteiger charge is 2.52. The molecular weight excluding hydrogens is 295 g/mol. The number of carbonyl (C=O) groups excluding carboxylic acids is 1. The highest BCUT2D eigenvalue weighted by molar-refractivity contribution is 5.82. The molecule has 3 nitrogen and oxygen atoms in total. The van der Waals surface area contributed by atoms with Gasteiger partial charge >= 0.3 is 12.1 Å². The number of benzene rings is 1. The maximum Gasteiger partial charge on any atom is 0.471 e. The van der Waals surface area contributed by atoms with E-state index in [9.17, 15) is 18.0 Å². The average molecular weight is 313 g/mol. The lowest BCUT2D eigenvalue weighted by molar-refractivity contribution is -0.191. The lowest BCUT2D eigenvalue weighted by atomic mass is 9.66. The van der Waals surface area contributed by atoms with Gasteiger partial charge in [-0.1, -0.05) is 13.0 Å². The van der Waals surface area contributed by atoms with Crippen molar-refractivity contribution in [2.45, 2.75) is 37.9 Å². The van der Waals surface area contributed by atoms with Crippen molar-refractivity contribution in [1.82, 2.24) is 4.90 Å². The summed E-state index contributed by atoms with van der Waals surface area (Å²) < 4.78 is 43.8. The van der Waals surface area contributed by atoms with Crippen molar-refractivity contribution in [2.75, 3.05) is 13.7 Å². The fourth-order valence-electron chi connectivity index (χ4n) is 3.79. The van der Waals surface area contributed by atoms with Crippen molar-refractivity contribution < 1.29 is 22.7 Å². The molecule has 0 N–H and O–H groups in total. The average Bonchev–Trinajstić information content (AvgIpc) is 2.58. The Balaban J connectivity index is 1.96. The zero-order chi connectivity index (χ0) is 16.1. The Morgan fingerprint density at radius 2 is 2.09 bits per heavy atom. The molecule has 0 bridgehead atoms. The van der Waals surface area contributed by atoms with E-state index in [1.165, 1.54) is 0 Å². The van der Waals surface area contributed by atoms with Crippen molar-refractivity contribution in [1.29, 1.82) is 0 Å². The smallest absolute Gasteiger partial charge is 0.471 e. The number of hydrogen-bond acceptors (Lipinski definition) is 2. The van der Waals surface area contributed by atoms with Gasteiger partial charge in [-0.3, -0.25) is 4.79 Å². The topological polar surface area (TPSA) is 29.5 Å². The summed E-state index contributed by atoms with van der Waals surface area (Å²) >= 11 is 0. The maximum atomic E-state index is 12.9. The minimum absolute atomic E-state index is 0.00953. The van der Waals surface area contributed by atoms with E-state index in [2.05, 4.69) is 0 Å². The SMILES string of the molecule is COc1ccc2c(c1)CCN(C(=O)C(F)(F)F)C1C(C)CC21. The largest absolute Gasteiger partial charge is 0.497 e. The van der Waals surface area contributed by atoms with Crippen molar-refractivity contribution >= 4 is 5.91 Å². The normalized spacial score (nSPS) is 27.3. The van der Waals surface area contributed by atoms with Crippen LogP contribution >= 0.6 is 0 Å². The third-order valence-corrected chi connectivity index (χ3v) is 4.86. The van der Waals surface area contributed by atoms with E-state index in [1.807, 2.05) is 25.1 Å². The van der Waals surface area contributed by atoms with Crippen molar-refractivity contribution in [2.24, 2.45) is 5.92 Å². The molecule has 0 radical (unpaired) electrons. The Labute approximate surface area is 127 Å². The number of halogens is 3. The summed E-state index contributed by atoms with van der Waals surface area (Å²) in [7, 11) is 1.56. The number of carbonyl (C=O) groups is 1. The number of alkyl halides is 3. The number of nitrogens with zero attached hydrogens (tertiary/aromatic N) is 1. The first-order chi connectivity index (χ1) is 10.3. The van der Waals surface area contributed by atoms with Crippen LogP contribution in [0.2, 0.25) is 0 Å².